The van der Waals surface area contributed by atoms with Gasteiger partial charge in [-0.1, -0.05) is 43.3 Å². The Morgan fingerprint density at radius 1 is 0.957 bits per heavy atom. The van der Waals surface area contributed by atoms with E-state index in [4.69, 9.17) is 4.74 Å². The van der Waals surface area contributed by atoms with Gasteiger partial charge in [0.1, 0.15) is 11.5 Å². The van der Waals surface area contributed by atoms with Gasteiger partial charge >= 0.3 is 0 Å². The molecular weight excluding hydrogens is 284 g/mol. The topological polar surface area (TPSA) is 29.5 Å². The lowest BCUT2D eigenvalue weighted by Crippen LogP contribution is -2.38. The number of para-hydroxylation sites is 1. The highest BCUT2D eigenvalue weighted by molar-refractivity contribution is 5.37. The summed E-state index contributed by atoms with van der Waals surface area (Å²) in [6.45, 7) is 6.04. The van der Waals surface area contributed by atoms with Crippen molar-refractivity contribution in [2.45, 2.75) is 43.6 Å². The van der Waals surface area contributed by atoms with Crippen LogP contribution in [0.25, 0.3) is 0 Å². The molecule has 1 fully saturated rings. The first kappa shape index (κ1) is 15.8. The summed E-state index contributed by atoms with van der Waals surface area (Å²) in [6, 6.07) is 18.2. The molecule has 1 saturated carbocycles. The van der Waals surface area contributed by atoms with Crippen molar-refractivity contribution in [3.05, 3.63) is 72.8 Å². The van der Waals surface area contributed by atoms with Crippen LogP contribution in [-0.4, -0.2) is 10.7 Å². The van der Waals surface area contributed by atoms with Gasteiger partial charge in [-0.15, -0.1) is 6.58 Å². The number of ether oxygens (including phenoxy) is 1. The van der Waals surface area contributed by atoms with Crippen molar-refractivity contribution < 1.29 is 9.84 Å². The number of benzene rings is 2. The van der Waals surface area contributed by atoms with Gasteiger partial charge in [0, 0.05) is 0 Å². The molecule has 0 amide bonds. The third-order valence-electron chi connectivity index (χ3n) is 5.11. The summed E-state index contributed by atoms with van der Waals surface area (Å²) in [6.07, 6.45) is 5.11. The molecule has 0 atom stereocenters. The first-order valence-corrected chi connectivity index (χ1v) is 8.23. The van der Waals surface area contributed by atoms with Gasteiger partial charge in [0.25, 0.3) is 0 Å². The highest BCUT2D eigenvalue weighted by Gasteiger charge is 2.38. The van der Waals surface area contributed by atoms with Crippen molar-refractivity contribution in [3.63, 3.8) is 0 Å². The average molecular weight is 308 g/mol. The van der Waals surface area contributed by atoms with Crippen molar-refractivity contribution in [1.29, 1.82) is 0 Å². The monoisotopic (exact) mass is 308 g/mol. The highest BCUT2D eigenvalue weighted by Crippen LogP contribution is 2.44. The van der Waals surface area contributed by atoms with Crippen LogP contribution in [0.2, 0.25) is 0 Å². The first-order chi connectivity index (χ1) is 11.0. The predicted octanol–water partition coefficient (Wildman–Crippen LogP) is 5.23. The van der Waals surface area contributed by atoms with E-state index in [0.29, 0.717) is 0 Å². The summed E-state index contributed by atoms with van der Waals surface area (Å²) in [5.41, 5.74) is 0.653. The molecule has 1 N–H and O–H groups in total. The molecule has 0 aliphatic heterocycles. The fourth-order valence-corrected chi connectivity index (χ4v) is 3.29. The Kier molecular flexibility index (Phi) is 4.27. The normalized spacial score (nSPS) is 27.4. The van der Waals surface area contributed by atoms with E-state index in [2.05, 4.69) is 25.6 Å². The number of aliphatic hydroxyl groups is 1. The van der Waals surface area contributed by atoms with Gasteiger partial charge in [-0.05, 0) is 60.9 Å². The third kappa shape index (κ3) is 3.48. The fraction of sp³-hybridized carbons (Fsp3) is 0.333. The van der Waals surface area contributed by atoms with Crippen molar-refractivity contribution in [1.82, 2.24) is 0 Å². The van der Waals surface area contributed by atoms with Crippen LogP contribution in [0, 0.1) is 0 Å². The van der Waals surface area contributed by atoms with Crippen LogP contribution in [0.5, 0.6) is 11.5 Å². The minimum absolute atomic E-state index is 0.0747. The summed E-state index contributed by atoms with van der Waals surface area (Å²) in [5, 5.41) is 10.4. The molecule has 0 heterocycles. The van der Waals surface area contributed by atoms with Crippen LogP contribution < -0.4 is 4.74 Å². The number of hydrogen-bond donors (Lipinski definition) is 1. The zero-order valence-electron chi connectivity index (χ0n) is 13.7. The Balaban J connectivity index is 1.78. The zero-order valence-corrected chi connectivity index (χ0v) is 13.7. The number of rotatable bonds is 4. The van der Waals surface area contributed by atoms with Gasteiger partial charge in [0.2, 0.25) is 0 Å². The van der Waals surface area contributed by atoms with Crippen LogP contribution in [0.3, 0.4) is 0 Å². The van der Waals surface area contributed by atoms with Gasteiger partial charge in [0.15, 0.2) is 0 Å². The minimum atomic E-state index is -0.697. The minimum Gasteiger partial charge on any atom is -0.457 e. The fourth-order valence-electron chi connectivity index (χ4n) is 3.29. The van der Waals surface area contributed by atoms with Crippen molar-refractivity contribution >= 4 is 0 Å². The maximum atomic E-state index is 10.4. The van der Waals surface area contributed by atoms with Gasteiger partial charge < -0.3 is 9.84 Å². The molecule has 0 unspecified atom stereocenters. The van der Waals surface area contributed by atoms with Crippen LogP contribution in [0.4, 0.5) is 0 Å². The van der Waals surface area contributed by atoms with E-state index in [1.807, 2.05) is 42.5 Å². The molecule has 1 aliphatic rings. The third-order valence-corrected chi connectivity index (χ3v) is 5.11. The molecule has 120 valence electrons. The average Bonchev–Trinajstić information content (AvgIpc) is 2.59. The quantitative estimate of drug-likeness (QED) is 0.784. The first-order valence-electron chi connectivity index (χ1n) is 8.23. The Labute approximate surface area is 138 Å². The maximum absolute atomic E-state index is 10.4. The Hall–Kier alpha value is -2.06. The molecule has 2 heteroatoms. The Morgan fingerprint density at radius 3 is 2.26 bits per heavy atom. The standard InChI is InChI=1S/C21H24O2/c1-3-21(22)14-12-20(2,13-15-21)17-8-7-11-19(16-17)23-18-9-5-4-6-10-18/h3-11,16,22H,1,12-15H2,2H3. The van der Waals surface area contributed by atoms with Crippen molar-refractivity contribution in [2.24, 2.45) is 0 Å². The number of hydrogen-bond acceptors (Lipinski definition) is 2. The van der Waals surface area contributed by atoms with E-state index >= 15 is 0 Å². The molecule has 0 saturated heterocycles. The summed E-state index contributed by atoms with van der Waals surface area (Å²) >= 11 is 0. The molecule has 2 aromatic rings. The second-order valence-corrected chi connectivity index (χ2v) is 6.81. The van der Waals surface area contributed by atoms with E-state index in [9.17, 15) is 5.11 Å². The lowest BCUT2D eigenvalue weighted by molar-refractivity contribution is 0.0297. The molecule has 2 aromatic carbocycles. The van der Waals surface area contributed by atoms with Crippen LogP contribution in [-0.2, 0) is 5.41 Å². The second-order valence-electron chi connectivity index (χ2n) is 6.81. The molecule has 0 aromatic heterocycles. The van der Waals surface area contributed by atoms with Crippen LogP contribution in [0.15, 0.2) is 67.3 Å². The highest BCUT2D eigenvalue weighted by atomic mass is 16.5. The van der Waals surface area contributed by atoms with E-state index in [0.717, 1.165) is 37.2 Å². The summed E-state index contributed by atoms with van der Waals surface area (Å²) < 4.78 is 5.95. The van der Waals surface area contributed by atoms with Gasteiger partial charge in [-0.2, -0.15) is 0 Å². The summed E-state index contributed by atoms with van der Waals surface area (Å²) in [4.78, 5) is 0. The zero-order chi connectivity index (χ0) is 16.3. The molecule has 0 bridgehead atoms. The van der Waals surface area contributed by atoms with E-state index in [1.165, 1.54) is 5.56 Å². The van der Waals surface area contributed by atoms with Crippen molar-refractivity contribution in [2.75, 3.05) is 0 Å². The van der Waals surface area contributed by atoms with Crippen molar-refractivity contribution in [3.8, 4) is 11.5 Å². The van der Waals surface area contributed by atoms with Gasteiger partial charge in [-0.25, -0.2) is 0 Å². The largest absolute Gasteiger partial charge is 0.457 e. The summed E-state index contributed by atoms with van der Waals surface area (Å²) in [5.74, 6) is 1.71. The molecular formula is C21H24O2. The molecule has 0 spiro atoms. The lowest BCUT2D eigenvalue weighted by atomic mass is 9.66. The van der Waals surface area contributed by atoms with E-state index in [-0.39, 0.29) is 5.41 Å². The van der Waals surface area contributed by atoms with Gasteiger partial charge in [-0.3, -0.25) is 0 Å². The molecule has 1 aliphatic carbocycles. The smallest absolute Gasteiger partial charge is 0.127 e. The maximum Gasteiger partial charge on any atom is 0.127 e. The second kappa shape index (κ2) is 6.21. The lowest BCUT2D eigenvalue weighted by Gasteiger charge is -2.41. The molecule has 2 nitrogen and oxygen atoms in total. The molecule has 0 radical (unpaired) electrons. The SMILES string of the molecule is C=CC1(O)CCC(C)(c2cccc(Oc3ccccc3)c2)CC1. The van der Waals surface area contributed by atoms with E-state index in [1.54, 1.807) is 6.08 Å². The predicted molar refractivity (Wildman–Crippen MR) is 93.9 cm³/mol. The Morgan fingerprint density at radius 2 is 1.61 bits per heavy atom. The van der Waals surface area contributed by atoms with Gasteiger partial charge in [0.05, 0.1) is 5.60 Å². The van der Waals surface area contributed by atoms with E-state index < -0.39 is 5.60 Å². The molecule has 3 rings (SSSR count). The van der Waals surface area contributed by atoms with Crippen LogP contribution in [0.1, 0.15) is 38.2 Å². The Bertz CT molecular complexity index is 667. The summed E-state index contributed by atoms with van der Waals surface area (Å²) in [7, 11) is 0. The molecule has 23 heavy (non-hydrogen) atoms. The van der Waals surface area contributed by atoms with Crippen LogP contribution >= 0.6 is 0 Å².